The first kappa shape index (κ1) is 31.1. The quantitative estimate of drug-likeness (QED) is 0.118. The van der Waals surface area contributed by atoms with Crippen LogP contribution in [0.5, 0.6) is 0 Å². The summed E-state index contributed by atoms with van der Waals surface area (Å²) < 4.78 is 17.0. The Hall–Kier alpha value is 0.530. The van der Waals surface area contributed by atoms with Crippen LogP contribution in [0.1, 0.15) is 6.42 Å². The van der Waals surface area contributed by atoms with Crippen molar-refractivity contribution in [1.29, 1.82) is 0 Å². The molecular weight excluding hydrogens is 542 g/mol. The molecule has 0 amide bonds. The van der Waals surface area contributed by atoms with Gasteiger partial charge in [-0.3, -0.25) is 0 Å². The van der Waals surface area contributed by atoms with Crippen LogP contribution in [0.3, 0.4) is 0 Å². The smallest absolute Gasteiger partial charge is 0.132 e. The van der Waals surface area contributed by atoms with Crippen LogP contribution >= 0.6 is 35.3 Å². The molecule has 3 rings (SSSR count). The van der Waals surface area contributed by atoms with E-state index in [9.17, 15) is 46.0 Å². The second-order valence-corrected chi connectivity index (χ2v) is 12.7. The Balaban J connectivity index is 1.74. The van der Waals surface area contributed by atoms with Crippen molar-refractivity contribution >= 4 is 35.3 Å². The first-order chi connectivity index (χ1) is 17.2. The molecule has 16 heteroatoms. The van der Waals surface area contributed by atoms with Crippen molar-refractivity contribution in [1.82, 2.24) is 0 Å². The molecule has 3 aliphatic heterocycles. The lowest BCUT2D eigenvalue weighted by Crippen LogP contribution is -2.61. The third-order valence-electron chi connectivity index (χ3n) is 6.36. The van der Waals surface area contributed by atoms with Crippen LogP contribution in [0.25, 0.3) is 0 Å². The van der Waals surface area contributed by atoms with Crippen LogP contribution < -0.4 is 5.73 Å². The fraction of sp³-hybridized carbons (Fsp3) is 1.00. The second-order valence-electron chi connectivity index (χ2n) is 8.87. The maximum absolute atomic E-state index is 11.1. The fourth-order valence-corrected chi connectivity index (χ4v) is 8.49. The molecule has 3 aliphatic rings. The van der Waals surface area contributed by atoms with E-state index in [1.807, 2.05) is 0 Å². The zero-order valence-electron chi connectivity index (χ0n) is 19.4. The van der Waals surface area contributed by atoms with Crippen molar-refractivity contribution in [2.75, 3.05) is 32.1 Å². The molecule has 0 aromatic carbocycles. The summed E-state index contributed by atoms with van der Waals surface area (Å²) in [4.78, 5) is 0. The minimum atomic E-state index is -1.63. The van der Waals surface area contributed by atoms with E-state index in [1.165, 1.54) is 11.8 Å². The van der Waals surface area contributed by atoms with Gasteiger partial charge in [-0.2, -0.15) is 0 Å². The predicted octanol–water partition coefficient (Wildman–Crippen LogP) is -4.41. The van der Waals surface area contributed by atoms with Crippen LogP contribution in [-0.2, 0) is 14.2 Å². The summed E-state index contributed by atoms with van der Waals surface area (Å²) in [5.41, 5.74) is 2.65. The Bertz CT molecular complexity index is 671. The van der Waals surface area contributed by atoms with Gasteiger partial charge in [-0.15, -0.1) is 35.3 Å². The van der Waals surface area contributed by atoms with Crippen molar-refractivity contribution in [2.24, 2.45) is 5.73 Å². The van der Waals surface area contributed by atoms with Gasteiger partial charge in [0, 0.05) is 17.5 Å². The number of rotatable bonds is 10. The highest BCUT2D eigenvalue weighted by molar-refractivity contribution is 8.01. The van der Waals surface area contributed by atoms with E-state index in [0.29, 0.717) is 12.3 Å². The van der Waals surface area contributed by atoms with Gasteiger partial charge in [0.1, 0.15) is 59.0 Å². The van der Waals surface area contributed by atoms with E-state index in [4.69, 9.17) is 19.9 Å². The Morgan fingerprint density at radius 3 is 1.83 bits per heavy atom. The Morgan fingerprint density at radius 2 is 1.25 bits per heavy atom. The molecule has 0 aliphatic carbocycles. The number of thioether (sulfide) groups is 3. The highest BCUT2D eigenvalue weighted by Crippen LogP contribution is 2.43. The molecule has 0 saturated carbocycles. The van der Waals surface area contributed by atoms with E-state index >= 15 is 0 Å². The third-order valence-corrected chi connectivity index (χ3v) is 10.6. The summed E-state index contributed by atoms with van der Waals surface area (Å²) in [6, 6.07) is 0. The van der Waals surface area contributed by atoms with Gasteiger partial charge in [0.05, 0.1) is 37.3 Å². The molecule has 0 aromatic rings. The average molecular weight is 580 g/mol. The Kier molecular flexibility index (Phi) is 12.3. The second kappa shape index (κ2) is 14.2. The van der Waals surface area contributed by atoms with Crippen LogP contribution in [0.2, 0.25) is 0 Å². The van der Waals surface area contributed by atoms with E-state index < -0.39 is 95.0 Å². The third kappa shape index (κ3) is 6.99. The summed E-state index contributed by atoms with van der Waals surface area (Å²) in [6.45, 7) is -1.11. The van der Waals surface area contributed by atoms with Crippen LogP contribution in [0, 0.1) is 0 Å². The van der Waals surface area contributed by atoms with Gasteiger partial charge in [0.15, 0.2) is 0 Å². The summed E-state index contributed by atoms with van der Waals surface area (Å²) in [7, 11) is 0. The van der Waals surface area contributed by atoms with E-state index in [2.05, 4.69) is 0 Å². The zero-order chi connectivity index (χ0) is 26.6. The maximum atomic E-state index is 11.1. The fourth-order valence-electron chi connectivity index (χ4n) is 4.31. The Labute approximate surface area is 221 Å². The Morgan fingerprint density at radius 1 is 0.639 bits per heavy atom. The van der Waals surface area contributed by atoms with Crippen molar-refractivity contribution in [3.63, 3.8) is 0 Å². The number of aliphatic hydroxyl groups is 9. The van der Waals surface area contributed by atoms with Gasteiger partial charge in [0.2, 0.25) is 0 Å². The lowest BCUT2D eigenvalue weighted by Gasteiger charge is -2.47. The minimum Gasteiger partial charge on any atom is -0.394 e. The molecule has 3 saturated heterocycles. The predicted molar refractivity (Wildman–Crippen MR) is 132 cm³/mol. The van der Waals surface area contributed by atoms with Crippen LogP contribution in [0.4, 0.5) is 0 Å². The van der Waals surface area contributed by atoms with E-state index in [1.54, 1.807) is 0 Å². The topological polar surface area (TPSA) is 236 Å². The summed E-state index contributed by atoms with van der Waals surface area (Å²) in [6.07, 6.45) is -11.1. The number of hydrogen-bond acceptors (Lipinski definition) is 16. The molecule has 212 valence electrons. The van der Waals surface area contributed by atoms with Gasteiger partial charge >= 0.3 is 0 Å². The number of hydrogen-bond donors (Lipinski definition) is 10. The van der Waals surface area contributed by atoms with Gasteiger partial charge in [-0.25, -0.2) is 0 Å². The number of nitrogens with two attached hydrogens (primary N) is 1. The van der Waals surface area contributed by atoms with Gasteiger partial charge in [-0.1, -0.05) is 0 Å². The standard InChI is InChI=1S/C20H37NO12S3/c21-1-2-34-18-13(27)10(3-7(4-22)31-18)35-20-16(30)17(12(26)9(6-24)33-20)36-19-15(29)14(28)11(25)8(5-23)32-19/h7-20,22-30H,1-6,21H2/t7-,8+,9+,10-,11+,12+,13+,14-,15+,16+,17-,18-,19-,20-/m0/s1. The minimum absolute atomic E-state index is 0.255. The van der Waals surface area contributed by atoms with Crippen molar-refractivity contribution < 1.29 is 60.2 Å². The molecule has 3 heterocycles. The van der Waals surface area contributed by atoms with E-state index in [-0.39, 0.29) is 13.0 Å². The number of ether oxygens (including phenoxy) is 3. The monoisotopic (exact) mass is 579 g/mol. The largest absolute Gasteiger partial charge is 0.394 e. The summed E-state index contributed by atoms with van der Waals surface area (Å²) in [5.74, 6) is 0.524. The molecular formula is C20H37NO12S3. The molecule has 3 fully saturated rings. The molecule has 0 unspecified atom stereocenters. The number of aliphatic hydroxyl groups excluding tert-OH is 9. The van der Waals surface area contributed by atoms with Crippen molar-refractivity contribution in [2.45, 2.75) is 88.2 Å². The normalized spacial score (nSPS) is 48.2. The first-order valence-electron chi connectivity index (χ1n) is 11.7. The van der Waals surface area contributed by atoms with Crippen molar-refractivity contribution in [3.05, 3.63) is 0 Å². The molecule has 0 aromatic heterocycles. The SMILES string of the molecule is NCCS[C@@H]1O[C@H](CO)C[C@H](S[C@@H]2O[C@H](CO)[C@@H](O)[C@H](S[C@@H]3O[C@H](CO)[C@@H](O)[C@H](O)[C@H]3O)[C@H]2O)[C@H]1O. The summed E-state index contributed by atoms with van der Waals surface area (Å²) >= 11 is 3.18. The van der Waals surface area contributed by atoms with Crippen molar-refractivity contribution in [3.8, 4) is 0 Å². The molecule has 13 nitrogen and oxygen atoms in total. The van der Waals surface area contributed by atoms with Crippen LogP contribution in [0.15, 0.2) is 0 Å². The highest BCUT2D eigenvalue weighted by Gasteiger charge is 2.51. The molecule has 11 N–H and O–H groups in total. The molecule has 14 atom stereocenters. The van der Waals surface area contributed by atoms with E-state index in [0.717, 1.165) is 23.5 Å². The van der Waals surface area contributed by atoms with Gasteiger partial charge in [0.25, 0.3) is 0 Å². The first-order valence-corrected chi connectivity index (χ1v) is 14.6. The van der Waals surface area contributed by atoms with Crippen LogP contribution in [-0.4, -0.2) is 160 Å². The zero-order valence-corrected chi connectivity index (χ0v) is 21.8. The lowest BCUT2D eigenvalue weighted by molar-refractivity contribution is -0.206. The average Bonchev–Trinajstić information content (AvgIpc) is 2.88. The van der Waals surface area contributed by atoms with Gasteiger partial charge < -0.3 is 65.9 Å². The maximum Gasteiger partial charge on any atom is 0.132 e. The lowest BCUT2D eigenvalue weighted by atomic mass is 10.0. The molecule has 36 heavy (non-hydrogen) atoms. The highest BCUT2D eigenvalue weighted by atomic mass is 32.2. The summed E-state index contributed by atoms with van der Waals surface area (Å²) in [5, 5.41) is 90.5. The molecule has 0 bridgehead atoms. The van der Waals surface area contributed by atoms with Gasteiger partial charge in [-0.05, 0) is 6.42 Å². The molecule has 0 radical (unpaired) electrons. The molecule has 0 spiro atoms.